The summed E-state index contributed by atoms with van der Waals surface area (Å²) in [6.07, 6.45) is 3.39. The van der Waals surface area contributed by atoms with E-state index in [0.29, 0.717) is 34.7 Å². The molecule has 7 nitrogen and oxygen atoms in total. The van der Waals surface area contributed by atoms with E-state index in [9.17, 15) is 14.7 Å². The number of hydrogen-bond acceptors (Lipinski definition) is 6. The average molecular weight is 469 g/mol. The molecule has 2 N–H and O–H groups in total. The first-order valence-corrected chi connectivity index (χ1v) is 10.7. The molecule has 172 valence electrons. The van der Waals surface area contributed by atoms with Gasteiger partial charge in [-0.2, -0.15) is 0 Å². The standard InChI is InChI=1S/C25H25ClN2O5/c1-14-22(8-7-18(23(14)30)21(29)10-25(2,3)4)33-13-16-11-28-20(12-27-16)17-6-5-15(24(31)32)9-19(17)26/h5-9,11-12,30H,10,13H2,1-4H3,(H,31,32). The number of phenolic OH excluding ortho intramolecular Hbond substituents is 1. The maximum atomic E-state index is 12.5. The van der Waals surface area contributed by atoms with E-state index in [1.54, 1.807) is 25.1 Å². The molecule has 0 fully saturated rings. The molecule has 0 aliphatic carbocycles. The van der Waals surface area contributed by atoms with Gasteiger partial charge in [-0.05, 0) is 36.6 Å². The molecule has 2 aromatic carbocycles. The number of carboxylic acids is 1. The lowest BCUT2D eigenvalue weighted by Gasteiger charge is -2.18. The number of nitrogens with zero attached hydrogens (tertiary/aromatic N) is 2. The van der Waals surface area contributed by atoms with E-state index in [4.69, 9.17) is 21.4 Å². The van der Waals surface area contributed by atoms with Crippen LogP contribution in [0.4, 0.5) is 0 Å². The summed E-state index contributed by atoms with van der Waals surface area (Å²) in [6, 6.07) is 7.64. The van der Waals surface area contributed by atoms with Crippen LogP contribution in [-0.2, 0) is 6.61 Å². The minimum absolute atomic E-state index is 0.0809. The smallest absolute Gasteiger partial charge is 0.335 e. The summed E-state index contributed by atoms with van der Waals surface area (Å²) in [5.41, 5.74) is 2.28. The maximum Gasteiger partial charge on any atom is 0.335 e. The van der Waals surface area contributed by atoms with Crippen molar-refractivity contribution >= 4 is 23.4 Å². The highest BCUT2D eigenvalue weighted by Gasteiger charge is 2.21. The number of phenols is 1. The van der Waals surface area contributed by atoms with E-state index in [0.717, 1.165) is 0 Å². The van der Waals surface area contributed by atoms with Gasteiger partial charge < -0.3 is 14.9 Å². The Labute approximate surface area is 197 Å². The number of benzene rings is 2. The van der Waals surface area contributed by atoms with Gasteiger partial charge in [-0.15, -0.1) is 0 Å². The summed E-state index contributed by atoms with van der Waals surface area (Å²) < 4.78 is 5.79. The lowest BCUT2D eigenvalue weighted by molar-refractivity contribution is 0.0696. The van der Waals surface area contributed by atoms with Gasteiger partial charge in [0.05, 0.1) is 39.9 Å². The molecule has 0 aliphatic rings. The Morgan fingerprint density at radius 3 is 2.39 bits per heavy atom. The van der Waals surface area contributed by atoms with Gasteiger partial charge in [0, 0.05) is 17.5 Å². The molecular weight excluding hydrogens is 444 g/mol. The maximum absolute atomic E-state index is 12.5. The normalized spacial score (nSPS) is 11.3. The fourth-order valence-corrected chi connectivity index (χ4v) is 3.49. The predicted molar refractivity (Wildman–Crippen MR) is 125 cm³/mol. The Balaban J connectivity index is 1.71. The molecule has 0 bridgehead atoms. The summed E-state index contributed by atoms with van der Waals surface area (Å²) in [7, 11) is 0. The van der Waals surface area contributed by atoms with Gasteiger partial charge in [0.2, 0.25) is 0 Å². The number of carbonyl (C=O) groups excluding carboxylic acids is 1. The highest BCUT2D eigenvalue weighted by molar-refractivity contribution is 6.33. The first-order chi connectivity index (χ1) is 15.5. The number of Topliss-reactive ketones (excluding diaryl/α,β-unsaturated/α-hetero) is 1. The number of aromatic nitrogens is 2. The van der Waals surface area contributed by atoms with Gasteiger partial charge in [-0.3, -0.25) is 14.8 Å². The van der Waals surface area contributed by atoms with Crippen molar-refractivity contribution in [2.75, 3.05) is 0 Å². The number of ether oxygens (including phenoxy) is 1. The summed E-state index contributed by atoms with van der Waals surface area (Å²) >= 11 is 6.19. The largest absolute Gasteiger partial charge is 0.507 e. The van der Waals surface area contributed by atoms with Crippen LogP contribution in [0.1, 0.15) is 59.2 Å². The van der Waals surface area contributed by atoms with Gasteiger partial charge >= 0.3 is 5.97 Å². The molecule has 0 aliphatic heterocycles. The minimum Gasteiger partial charge on any atom is -0.507 e. The third-order valence-corrected chi connectivity index (χ3v) is 5.26. The lowest BCUT2D eigenvalue weighted by atomic mass is 9.87. The van der Waals surface area contributed by atoms with Crippen LogP contribution in [0, 0.1) is 12.3 Å². The van der Waals surface area contributed by atoms with Gasteiger partial charge in [-0.1, -0.05) is 38.4 Å². The molecule has 8 heteroatoms. The quantitative estimate of drug-likeness (QED) is 0.427. The van der Waals surface area contributed by atoms with Gasteiger partial charge in [-0.25, -0.2) is 4.79 Å². The second-order valence-electron chi connectivity index (χ2n) is 8.93. The van der Waals surface area contributed by atoms with Crippen LogP contribution in [0.3, 0.4) is 0 Å². The number of aromatic carboxylic acids is 1. The Kier molecular flexibility index (Phi) is 7.03. The van der Waals surface area contributed by atoms with Crippen molar-refractivity contribution < 1.29 is 24.5 Å². The van der Waals surface area contributed by atoms with Crippen molar-refractivity contribution in [3.05, 3.63) is 70.1 Å². The van der Waals surface area contributed by atoms with Crippen LogP contribution in [0.5, 0.6) is 11.5 Å². The van der Waals surface area contributed by atoms with Crippen LogP contribution < -0.4 is 4.74 Å². The summed E-state index contributed by atoms with van der Waals surface area (Å²) in [5, 5.41) is 19.8. The zero-order valence-corrected chi connectivity index (χ0v) is 19.6. The molecular formula is C25H25ClN2O5. The topological polar surface area (TPSA) is 110 Å². The van der Waals surface area contributed by atoms with Crippen LogP contribution in [0.15, 0.2) is 42.7 Å². The summed E-state index contributed by atoms with van der Waals surface area (Å²) in [6.45, 7) is 7.71. The molecule has 0 saturated heterocycles. The van der Waals surface area contributed by atoms with Crippen molar-refractivity contribution in [2.24, 2.45) is 5.41 Å². The predicted octanol–water partition coefficient (Wildman–Crippen LogP) is 5.71. The minimum atomic E-state index is -1.06. The van der Waals surface area contributed by atoms with E-state index >= 15 is 0 Å². The third-order valence-electron chi connectivity index (χ3n) is 4.95. The average Bonchev–Trinajstić information content (AvgIpc) is 2.74. The Bertz CT molecular complexity index is 1200. The van der Waals surface area contributed by atoms with Crippen molar-refractivity contribution in [1.29, 1.82) is 0 Å². The molecule has 0 atom stereocenters. The molecule has 3 rings (SSSR count). The number of ketones is 1. The first kappa shape index (κ1) is 24.2. The highest BCUT2D eigenvalue weighted by atomic mass is 35.5. The molecule has 0 radical (unpaired) electrons. The second kappa shape index (κ2) is 9.58. The van der Waals surface area contributed by atoms with Gasteiger partial charge in [0.1, 0.15) is 18.1 Å². The molecule has 0 unspecified atom stereocenters. The first-order valence-electron chi connectivity index (χ1n) is 10.3. The lowest BCUT2D eigenvalue weighted by Crippen LogP contribution is -2.13. The Morgan fingerprint density at radius 1 is 1.09 bits per heavy atom. The summed E-state index contributed by atoms with van der Waals surface area (Å²) in [5.74, 6) is -0.818. The molecule has 0 amide bonds. The molecule has 0 spiro atoms. The number of carboxylic acid groups (broad SMARTS) is 1. The fraction of sp³-hybridized carbons (Fsp3) is 0.280. The zero-order chi connectivity index (χ0) is 24.3. The molecule has 1 heterocycles. The molecule has 33 heavy (non-hydrogen) atoms. The molecule has 0 saturated carbocycles. The fourth-order valence-electron chi connectivity index (χ4n) is 3.22. The van der Waals surface area contributed by atoms with E-state index in [1.807, 2.05) is 20.8 Å². The highest BCUT2D eigenvalue weighted by Crippen LogP contribution is 2.33. The molecule has 1 aromatic heterocycles. The van der Waals surface area contributed by atoms with Crippen molar-refractivity contribution in [3.8, 4) is 22.8 Å². The van der Waals surface area contributed by atoms with Gasteiger partial charge in [0.15, 0.2) is 5.78 Å². The Hall–Kier alpha value is -3.45. The summed E-state index contributed by atoms with van der Waals surface area (Å²) in [4.78, 5) is 32.2. The Morgan fingerprint density at radius 2 is 1.82 bits per heavy atom. The van der Waals surface area contributed by atoms with E-state index in [-0.39, 0.29) is 39.7 Å². The second-order valence-corrected chi connectivity index (χ2v) is 9.33. The SMILES string of the molecule is Cc1c(OCc2cnc(-c3ccc(C(=O)O)cc3Cl)cn2)ccc(C(=O)CC(C)(C)C)c1O. The van der Waals surface area contributed by atoms with Crippen LogP contribution in [0.2, 0.25) is 5.02 Å². The van der Waals surface area contributed by atoms with Gasteiger partial charge in [0.25, 0.3) is 0 Å². The van der Waals surface area contributed by atoms with Crippen LogP contribution in [-0.4, -0.2) is 31.9 Å². The van der Waals surface area contributed by atoms with E-state index in [2.05, 4.69) is 9.97 Å². The van der Waals surface area contributed by atoms with E-state index < -0.39 is 5.97 Å². The van der Waals surface area contributed by atoms with Crippen molar-refractivity contribution in [1.82, 2.24) is 9.97 Å². The number of halogens is 1. The third kappa shape index (κ3) is 5.87. The van der Waals surface area contributed by atoms with Crippen LogP contribution >= 0.6 is 11.6 Å². The van der Waals surface area contributed by atoms with Crippen molar-refractivity contribution in [3.63, 3.8) is 0 Å². The monoisotopic (exact) mass is 468 g/mol. The number of rotatable bonds is 7. The van der Waals surface area contributed by atoms with Crippen molar-refractivity contribution in [2.45, 2.75) is 40.7 Å². The van der Waals surface area contributed by atoms with E-state index in [1.165, 1.54) is 24.5 Å². The van der Waals surface area contributed by atoms with Crippen LogP contribution in [0.25, 0.3) is 11.3 Å². The molecule has 3 aromatic rings. The zero-order valence-electron chi connectivity index (χ0n) is 18.8. The number of carbonyl (C=O) groups is 2. The number of hydrogen-bond donors (Lipinski definition) is 2. The number of aromatic hydroxyl groups is 1.